The summed E-state index contributed by atoms with van der Waals surface area (Å²) in [4.78, 5) is 12.2. The molecule has 6 nitrogen and oxygen atoms in total. The highest BCUT2D eigenvalue weighted by molar-refractivity contribution is 7.92. The van der Waals surface area contributed by atoms with Gasteiger partial charge in [-0.25, -0.2) is 8.42 Å². The number of nitrogens with zero attached hydrogens (tertiary/aromatic N) is 1. The number of carbonyl (C=O) groups excluding carboxylic acids is 1. The number of hydrogen-bond acceptors (Lipinski definition) is 4. The smallest absolute Gasteiger partial charge is 0.240 e. The second-order valence-electron chi connectivity index (χ2n) is 5.70. The van der Waals surface area contributed by atoms with Crippen LogP contribution in [0.2, 0.25) is 0 Å². The molecule has 1 rings (SSSR count). The first-order valence-corrected chi connectivity index (χ1v) is 9.45. The van der Waals surface area contributed by atoms with E-state index in [0.717, 1.165) is 29.0 Å². The normalized spacial score (nSPS) is 12.6. The van der Waals surface area contributed by atoms with Gasteiger partial charge in [-0.1, -0.05) is 19.4 Å². The summed E-state index contributed by atoms with van der Waals surface area (Å²) in [5, 5.41) is 2.82. The molecule has 0 aliphatic rings. The van der Waals surface area contributed by atoms with E-state index in [2.05, 4.69) is 5.32 Å². The van der Waals surface area contributed by atoms with Gasteiger partial charge in [-0.15, -0.1) is 0 Å². The van der Waals surface area contributed by atoms with Crippen LogP contribution in [0.3, 0.4) is 0 Å². The molecule has 0 aromatic heterocycles. The maximum atomic E-state index is 12.2. The summed E-state index contributed by atoms with van der Waals surface area (Å²) in [6, 6.07) is 5.23. The quantitative estimate of drug-likeness (QED) is 0.785. The predicted molar refractivity (Wildman–Crippen MR) is 92.4 cm³/mol. The fourth-order valence-electron chi connectivity index (χ4n) is 2.33. The number of carbonyl (C=O) groups is 1. The number of anilines is 1. The van der Waals surface area contributed by atoms with E-state index in [4.69, 9.17) is 4.74 Å². The van der Waals surface area contributed by atoms with Crippen molar-refractivity contribution in [3.63, 3.8) is 0 Å². The maximum absolute atomic E-state index is 12.2. The number of hydrogen-bond donors (Lipinski definition) is 1. The van der Waals surface area contributed by atoms with Gasteiger partial charge in [-0.05, 0) is 38.0 Å². The van der Waals surface area contributed by atoms with Crippen molar-refractivity contribution in [3.05, 3.63) is 23.8 Å². The molecule has 7 heteroatoms. The van der Waals surface area contributed by atoms with E-state index in [1.165, 1.54) is 7.11 Å². The van der Waals surface area contributed by atoms with Crippen molar-refractivity contribution < 1.29 is 17.9 Å². The van der Waals surface area contributed by atoms with Gasteiger partial charge in [0.2, 0.25) is 15.9 Å². The molecule has 0 saturated heterocycles. The van der Waals surface area contributed by atoms with Gasteiger partial charge in [0.05, 0.1) is 19.1 Å². The summed E-state index contributed by atoms with van der Waals surface area (Å²) < 4.78 is 30.6. The molecular formula is C16H26N2O4S. The number of methoxy groups -OCH3 is 1. The second kappa shape index (κ2) is 8.19. The molecule has 0 spiro atoms. The summed E-state index contributed by atoms with van der Waals surface area (Å²) >= 11 is 0. The lowest BCUT2D eigenvalue weighted by molar-refractivity contribution is -0.120. The molecule has 1 aromatic carbocycles. The molecule has 0 aliphatic heterocycles. The van der Waals surface area contributed by atoms with Crippen molar-refractivity contribution in [3.8, 4) is 5.75 Å². The third kappa shape index (κ3) is 5.74. The van der Waals surface area contributed by atoms with Crippen LogP contribution in [0, 0.1) is 6.92 Å². The number of benzene rings is 1. The molecule has 0 saturated carbocycles. The van der Waals surface area contributed by atoms with E-state index in [-0.39, 0.29) is 18.5 Å². The lowest BCUT2D eigenvalue weighted by Crippen LogP contribution is -2.43. The third-order valence-electron chi connectivity index (χ3n) is 3.42. The molecule has 130 valence electrons. The molecule has 23 heavy (non-hydrogen) atoms. The number of aryl methyl sites for hydroxylation is 1. The Morgan fingerprint density at radius 2 is 2.04 bits per heavy atom. The number of sulfonamides is 1. The van der Waals surface area contributed by atoms with Crippen LogP contribution in [-0.2, 0) is 14.8 Å². The number of rotatable bonds is 8. The Kier molecular flexibility index (Phi) is 6.87. The fourth-order valence-corrected chi connectivity index (χ4v) is 3.18. The zero-order valence-corrected chi connectivity index (χ0v) is 15.2. The van der Waals surface area contributed by atoms with E-state index in [1.807, 2.05) is 26.8 Å². The average molecular weight is 342 g/mol. The van der Waals surface area contributed by atoms with Gasteiger partial charge in [0, 0.05) is 6.04 Å². The van der Waals surface area contributed by atoms with Crippen molar-refractivity contribution in [2.45, 2.75) is 39.7 Å². The molecule has 0 fully saturated rings. The van der Waals surface area contributed by atoms with E-state index in [9.17, 15) is 13.2 Å². The topological polar surface area (TPSA) is 75.7 Å². The monoisotopic (exact) mass is 342 g/mol. The van der Waals surface area contributed by atoms with Crippen molar-refractivity contribution in [1.82, 2.24) is 5.32 Å². The van der Waals surface area contributed by atoms with Crippen molar-refractivity contribution in [2.24, 2.45) is 0 Å². The molecule has 1 amide bonds. The second-order valence-corrected chi connectivity index (χ2v) is 7.61. The first-order valence-electron chi connectivity index (χ1n) is 7.60. The lowest BCUT2D eigenvalue weighted by atomic mass is 10.2. The van der Waals surface area contributed by atoms with Crippen LogP contribution in [-0.4, -0.2) is 40.3 Å². The highest BCUT2D eigenvalue weighted by atomic mass is 32.2. The molecule has 1 aromatic rings. The fraction of sp³-hybridized carbons (Fsp3) is 0.562. The summed E-state index contributed by atoms with van der Waals surface area (Å²) in [5.41, 5.74) is 1.25. The first kappa shape index (κ1) is 19.3. The summed E-state index contributed by atoms with van der Waals surface area (Å²) in [6.07, 6.45) is 2.87. The summed E-state index contributed by atoms with van der Waals surface area (Å²) in [6.45, 7) is 5.52. The van der Waals surface area contributed by atoms with Gasteiger partial charge in [-0.2, -0.15) is 0 Å². The number of amides is 1. The molecule has 0 unspecified atom stereocenters. The Morgan fingerprint density at radius 1 is 1.39 bits per heavy atom. The van der Waals surface area contributed by atoms with Gasteiger partial charge in [-0.3, -0.25) is 9.10 Å². The van der Waals surface area contributed by atoms with Gasteiger partial charge >= 0.3 is 0 Å². The Balaban J connectivity index is 3.08. The lowest BCUT2D eigenvalue weighted by Gasteiger charge is -2.25. The first-order chi connectivity index (χ1) is 10.7. The highest BCUT2D eigenvalue weighted by Gasteiger charge is 2.24. The minimum absolute atomic E-state index is 0.00770. The van der Waals surface area contributed by atoms with Crippen molar-refractivity contribution in [2.75, 3.05) is 24.2 Å². The Hall–Kier alpha value is -1.76. The van der Waals surface area contributed by atoms with Crippen LogP contribution >= 0.6 is 0 Å². The Labute approximate surface area is 138 Å². The molecule has 0 radical (unpaired) electrons. The van der Waals surface area contributed by atoms with Gasteiger partial charge in [0.15, 0.2) is 0 Å². The summed E-state index contributed by atoms with van der Waals surface area (Å²) in [5.74, 6) is 0.0790. The SMILES string of the molecule is CCC[C@H](C)NC(=O)CN(c1cc(C)ccc1OC)S(C)(=O)=O. The van der Waals surface area contributed by atoms with Crippen LogP contribution in [0.4, 0.5) is 5.69 Å². The minimum atomic E-state index is -3.62. The van der Waals surface area contributed by atoms with Gasteiger partial charge < -0.3 is 10.1 Å². The molecule has 1 atom stereocenters. The van der Waals surface area contributed by atoms with E-state index < -0.39 is 10.0 Å². The zero-order valence-electron chi connectivity index (χ0n) is 14.4. The molecule has 0 heterocycles. The van der Waals surface area contributed by atoms with Gasteiger partial charge in [0.1, 0.15) is 12.3 Å². The standard InChI is InChI=1S/C16H26N2O4S/c1-6-7-13(3)17-16(19)11-18(23(5,20)21)14-10-12(2)8-9-15(14)22-4/h8-10,13H,6-7,11H2,1-5H3,(H,17,19)/t13-/m0/s1. The van der Waals surface area contributed by atoms with Crippen LogP contribution in [0.15, 0.2) is 18.2 Å². The molecular weight excluding hydrogens is 316 g/mol. The third-order valence-corrected chi connectivity index (χ3v) is 4.55. The van der Waals surface area contributed by atoms with E-state index in [0.29, 0.717) is 11.4 Å². The van der Waals surface area contributed by atoms with Crippen LogP contribution < -0.4 is 14.4 Å². The molecule has 0 aliphatic carbocycles. The molecule has 0 bridgehead atoms. The van der Waals surface area contributed by atoms with E-state index in [1.54, 1.807) is 12.1 Å². The number of nitrogens with one attached hydrogen (secondary N) is 1. The Morgan fingerprint density at radius 3 is 2.57 bits per heavy atom. The predicted octanol–water partition coefficient (Wildman–Crippen LogP) is 2.07. The highest BCUT2D eigenvalue weighted by Crippen LogP contribution is 2.30. The average Bonchev–Trinajstić information content (AvgIpc) is 2.43. The van der Waals surface area contributed by atoms with E-state index >= 15 is 0 Å². The Bertz CT molecular complexity index is 643. The largest absolute Gasteiger partial charge is 0.495 e. The van der Waals surface area contributed by atoms with Crippen LogP contribution in [0.5, 0.6) is 5.75 Å². The van der Waals surface area contributed by atoms with Gasteiger partial charge in [0.25, 0.3) is 0 Å². The number of ether oxygens (including phenoxy) is 1. The maximum Gasteiger partial charge on any atom is 0.240 e. The summed E-state index contributed by atoms with van der Waals surface area (Å²) in [7, 11) is -2.15. The van der Waals surface area contributed by atoms with Crippen molar-refractivity contribution in [1.29, 1.82) is 0 Å². The van der Waals surface area contributed by atoms with Crippen molar-refractivity contribution >= 4 is 21.6 Å². The zero-order chi connectivity index (χ0) is 17.6. The molecule has 1 N–H and O–H groups in total. The minimum Gasteiger partial charge on any atom is -0.495 e. The van der Waals surface area contributed by atoms with Crippen LogP contribution in [0.1, 0.15) is 32.3 Å². The van der Waals surface area contributed by atoms with Crippen LogP contribution in [0.25, 0.3) is 0 Å².